The Morgan fingerprint density at radius 3 is 1.75 bits per heavy atom. The van der Waals surface area contributed by atoms with Gasteiger partial charge in [0.1, 0.15) is 0 Å². The van der Waals surface area contributed by atoms with Crippen molar-refractivity contribution in [2.45, 2.75) is 63.7 Å². The SMILES string of the molecule is CC(C)(C)c1c(O)c(O)c(Cc2ccccc2)c(C(C)(C)C)c1S. The van der Waals surface area contributed by atoms with E-state index in [-0.39, 0.29) is 22.3 Å². The van der Waals surface area contributed by atoms with E-state index >= 15 is 0 Å². The fourth-order valence-corrected chi connectivity index (χ4v) is 4.16. The molecular weight excluding hydrogens is 316 g/mol. The van der Waals surface area contributed by atoms with E-state index in [0.29, 0.717) is 12.0 Å². The summed E-state index contributed by atoms with van der Waals surface area (Å²) in [4.78, 5) is 0.774. The predicted molar refractivity (Wildman–Crippen MR) is 104 cm³/mol. The van der Waals surface area contributed by atoms with E-state index in [9.17, 15) is 10.2 Å². The minimum absolute atomic E-state index is 0.0218. The summed E-state index contributed by atoms with van der Waals surface area (Å²) < 4.78 is 0. The van der Waals surface area contributed by atoms with Gasteiger partial charge in [-0.25, -0.2) is 0 Å². The molecule has 0 fully saturated rings. The normalized spacial score (nSPS) is 12.5. The van der Waals surface area contributed by atoms with E-state index in [4.69, 9.17) is 12.6 Å². The number of aromatic hydroxyl groups is 2. The molecule has 0 atom stereocenters. The molecule has 130 valence electrons. The van der Waals surface area contributed by atoms with E-state index < -0.39 is 0 Å². The lowest BCUT2D eigenvalue weighted by Crippen LogP contribution is -2.21. The maximum atomic E-state index is 10.8. The van der Waals surface area contributed by atoms with E-state index in [1.165, 1.54) is 0 Å². The zero-order chi connectivity index (χ0) is 18.3. The Kier molecular flexibility index (Phi) is 4.96. The van der Waals surface area contributed by atoms with Gasteiger partial charge in [-0.1, -0.05) is 71.9 Å². The highest BCUT2D eigenvalue weighted by Crippen LogP contribution is 2.49. The molecule has 0 aromatic heterocycles. The summed E-state index contributed by atoms with van der Waals surface area (Å²) in [5, 5.41) is 21.5. The second-order valence-corrected chi connectivity index (χ2v) is 8.88. The van der Waals surface area contributed by atoms with Crippen LogP contribution in [0, 0.1) is 0 Å². The fourth-order valence-electron chi connectivity index (χ4n) is 3.25. The molecule has 0 unspecified atom stereocenters. The third-order valence-corrected chi connectivity index (χ3v) is 4.69. The molecule has 0 radical (unpaired) electrons. The molecule has 0 saturated heterocycles. The Morgan fingerprint density at radius 2 is 1.29 bits per heavy atom. The van der Waals surface area contributed by atoms with Gasteiger partial charge in [0.25, 0.3) is 0 Å². The first kappa shape index (κ1) is 18.7. The second kappa shape index (κ2) is 6.36. The molecule has 3 heteroatoms. The molecule has 0 heterocycles. The van der Waals surface area contributed by atoms with Gasteiger partial charge in [0.15, 0.2) is 11.5 Å². The van der Waals surface area contributed by atoms with E-state index in [1.54, 1.807) is 0 Å². The Hall–Kier alpha value is -1.61. The lowest BCUT2D eigenvalue weighted by molar-refractivity contribution is 0.377. The number of rotatable bonds is 2. The van der Waals surface area contributed by atoms with E-state index in [2.05, 4.69) is 20.8 Å². The zero-order valence-corrected chi connectivity index (χ0v) is 16.3. The van der Waals surface area contributed by atoms with Gasteiger partial charge in [0.2, 0.25) is 0 Å². The van der Waals surface area contributed by atoms with Gasteiger partial charge in [-0.3, -0.25) is 0 Å². The van der Waals surface area contributed by atoms with Crippen LogP contribution in [0.2, 0.25) is 0 Å². The molecule has 2 aromatic rings. The molecule has 0 bridgehead atoms. The molecule has 0 spiro atoms. The van der Waals surface area contributed by atoms with Crippen molar-refractivity contribution in [3.63, 3.8) is 0 Å². The van der Waals surface area contributed by atoms with Crippen molar-refractivity contribution in [2.24, 2.45) is 0 Å². The average Bonchev–Trinajstić information content (AvgIpc) is 2.42. The van der Waals surface area contributed by atoms with Crippen molar-refractivity contribution >= 4 is 12.6 Å². The molecular formula is C21H28O2S. The third-order valence-electron chi connectivity index (χ3n) is 4.25. The van der Waals surface area contributed by atoms with Crippen LogP contribution in [0.1, 0.15) is 63.8 Å². The van der Waals surface area contributed by atoms with Crippen LogP contribution in [0.3, 0.4) is 0 Å². The number of phenolic OH excluding ortho intramolecular Hbond substituents is 2. The average molecular weight is 345 g/mol. The predicted octanol–water partition coefficient (Wildman–Crippen LogP) is 5.57. The van der Waals surface area contributed by atoms with Crippen LogP contribution in [0.25, 0.3) is 0 Å². The smallest absolute Gasteiger partial charge is 0.162 e. The summed E-state index contributed by atoms with van der Waals surface area (Å²) in [6, 6.07) is 9.98. The van der Waals surface area contributed by atoms with Gasteiger partial charge in [-0.15, -0.1) is 12.6 Å². The molecule has 0 saturated carbocycles. The first-order valence-electron chi connectivity index (χ1n) is 8.29. The topological polar surface area (TPSA) is 40.5 Å². The van der Waals surface area contributed by atoms with Crippen LogP contribution < -0.4 is 0 Å². The summed E-state index contributed by atoms with van der Waals surface area (Å²) in [6.45, 7) is 12.4. The molecule has 0 aliphatic heterocycles. The van der Waals surface area contributed by atoms with Gasteiger partial charge >= 0.3 is 0 Å². The molecule has 0 aliphatic rings. The quantitative estimate of drug-likeness (QED) is 0.492. The molecule has 0 amide bonds. The first-order chi connectivity index (χ1) is 10.9. The highest BCUT2D eigenvalue weighted by Gasteiger charge is 2.32. The largest absolute Gasteiger partial charge is 0.504 e. The number of benzene rings is 2. The van der Waals surface area contributed by atoms with Gasteiger partial charge in [0.05, 0.1) is 0 Å². The summed E-state index contributed by atoms with van der Waals surface area (Å²) in [5.74, 6) is -0.0714. The van der Waals surface area contributed by atoms with Crippen molar-refractivity contribution in [1.29, 1.82) is 0 Å². The summed E-state index contributed by atoms with van der Waals surface area (Å²) >= 11 is 4.78. The van der Waals surface area contributed by atoms with Crippen LogP contribution in [0.5, 0.6) is 11.5 Å². The Bertz CT molecular complexity index is 735. The number of hydrogen-bond donors (Lipinski definition) is 3. The summed E-state index contributed by atoms with van der Waals surface area (Å²) in [7, 11) is 0. The zero-order valence-electron chi connectivity index (χ0n) is 15.4. The Morgan fingerprint density at radius 1 is 0.792 bits per heavy atom. The molecule has 2 N–H and O–H groups in total. The highest BCUT2D eigenvalue weighted by molar-refractivity contribution is 7.80. The van der Waals surface area contributed by atoms with Crippen LogP contribution in [-0.4, -0.2) is 10.2 Å². The van der Waals surface area contributed by atoms with E-state index in [1.807, 2.05) is 51.1 Å². The molecule has 2 rings (SSSR count). The van der Waals surface area contributed by atoms with Crippen LogP contribution in [0.15, 0.2) is 35.2 Å². The van der Waals surface area contributed by atoms with Gasteiger partial charge in [-0.05, 0) is 22.0 Å². The molecule has 2 nitrogen and oxygen atoms in total. The van der Waals surface area contributed by atoms with Crippen LogP contribution >= 0.6 is 12.6 Å². The van der Waals surface area contributed by atoms with Crippen molar-refractivity contribution in [1.82, 2.24) is 0 Å². The second-order valence-electron chi connectivity index (χ2n) is 8.44. The maximum Gasteiger partial charge on any atom is 0.162 e. The van der Waals surface area contributed by atoms with Crippen molar-refractivity contribution in [2.75, 3.05) is 0 Å². The van der Waals surface area contributed by atoms with Gasteiger partial charge < -0.3 is 10.2 Å². The number of hydrogen-bond acceptors (Lipinski definition) is 3. The standard InChI is InChI=1S/C21H28O2S/c1-20(2,3)15-14(12-13-10-8-7-9-11-13)17(22)18(23)16(19(15)24)21(4,5)6/h7-11,22-24H,12H2,1-6H3. The van der Waals surface area contributed by atoms with E-state index in [0.717, 1.165) is 21.6 Å². The highest BCUT2D eigenvalue weighted by atomic mass is 32.1. The lowest BCUT2D eigenvalue weighted by Gasteiger charge is -2.32. The van der Waals surface area contributed by atoms with Crippen LogP contribution in [-0.2, 0) is 17.3 Å². The minimum atomic E-state index is -0.316. The summed E-state index contributed by atoms with van der Waals surface area (Å²) in [6.07, 6.45) is 0.560. The number of phenols is 2. The third kappa shape index (κ3) is 3.56. The molecule has 24 heavy (non-hydrogen) atoms. The van der Waals surface area contributed by atoms with Crippen molar-refractivity contribution in [3.8, 4) is 11.5 Å². The van der Waals surface area contributed by atoms with Crippen LogP contribution in [0.4, 0.5) is 0 Å². The Labute approximate surface area is 151 Å². The maximum absolute atomic E-state index is 10.8. The molecule has 0 aliphatic carbocycles. The minimum Gasteiger partial charge on any atom is -0.504 e. The number of thiol groups is 1. The fraction of sp³-hybridized carbons (Fsp3) is 0.429. The first-order valence-corrected chi connectivity index (χ1v) is 8.74. The van der Waals surface area contributed by atoms with Gasteiger partial charge in [-0.2, -0.15) is 0 Å². The summed E-state index contributed by atoms with van der Waals surface area (Å²) in [5.41, 5.74) is 3.02. The Balaban J connectivity index is 2.79. The monoisotopic (exact) mass is 344 g/mol. The van der Waals surface area contributed by atoms with Gasteiger partial charge in [0, 0.05) is 22.4 Å². The lowest BCUT2D eigenvalue weighted by atomic mass is 9.76. The van der Waals surface area contributed by atoms with Crippen molar-refractivity contribution < 1.29 is 10.2 Å². The molecule has 2 aromatic carbocycles. The van der Waals surface area contributed by atoms with Crippen molar-refractivity contribution in [3.05, 3.63) is 52.6 Å².